The molecule has 12 nitrogen and oxygen atoms in total. The molecule has 0 bridgehead atoms. The highest BCUT2D eigenvalue weighted by Gasteiger charge is 2.76. The van der Waals surface area contributed by atoms with Crippen LogP contribution in [0.5, 0.6) is 5.75 Å². The number of benzene rings is 1. The van der Waals surface area contributed by atoms with Gasteiger partial charge in [-0.3, -0.25) is 33.7 Å². The SMILES string of the molecule is CN(C)c1ccc(O)c2c1C[C@@]1(C)C[C@@]3(C)[C@H](N(C)C)C(=O)C(C(=O)NCNC(=O)CCl)C(=O)[C@@]3(O)C(=O)C1C2=O. The predicted molar refractivity (Wildman–Crippen MR) is 148 cm³/mol. The number of likely N-dealkylation sites (N-methyl/N-ethyl adjacent to an activating group) is 1. The molecule has 0 heterocycles. The largest absolute Gasteiger partial charge is 0.507 e. The zero-order chi connectivity index (χ0) is 30.8. The lowest BCUT2D eigenvalue weighted by Crippen LogP contribution is -2.80. The number of fused-ring (bicyclic) bond motifs is 3. The number of carbonyl (C=O) groups is 6. The number of hydrogen-bond donors (Lipinski definition) is 4. The zero-order valence-electron chi connectivity index (χ0n) is 23.8. The molecule has 0 aromatic heterocycles. The van der Waals surface area contributed by atoms with E-state index in [1.807, 2.05) is 0 Å². The molecule has 0 saturated heterocycles. The molecule has 3 aliphatic carbocycles. The highest BCUT2D eigenvalue weighted by molar-refractivity contribution is 6.33. The number of ketones is 4. The van der Waals surface area contributed by atoms with Crippen molar-refractivity contribution < 1.29 is 39.0 Å². The lowest BCUT2D eigenvalue weighted by Gasteiger charge is -2.62. The number of carbonyl (C=O) groups excluding carboxylic acids is 6. The van der Waals surface area contributed by atoms with E-state index in [1.165, 1.54) is 17.9 Å². The second-order valence-corrected chi connectivity index (χ2v) is 12.4. The second kappa shape index (κ2) is 10.2. The van der Waals surface area contributed by atoms with Crippen molar-refractivity contribution in [2.45, 2.75) is 38.3 Å². The first-order valence-corrected chi connectivity index (χ1v) is 13.7. The molecule has 2 amide bonds. The quantitative estimate of drug-likeness (QED) is 0.195. The molecule has 2 saturated carbocycles. The van der Waals surface area contributed by atoms with Crippen LogP contribution >= 0.6 is 11.6 Å². The highest BCUT2D eigenvalue weighted by atomic mass is 35.5. The van der Waals surface area contributed by atoms with Crippen LogP contribution in [0, 0.1) is 22.7 Å². The van der Waals surface area contributed by atoms with E-state index >= 15 is 0 Å². The Morgan fingerprint density at radius 2 is 1.68 bits per heavy atom. The minimum Gasteiger partial charge on any atom is -0.507 e. The number of rotatable bonds is 6. The Hall–Kier alpha value is -3.35. The Kier molecular flexibility index (Phi) is 7.60. The fraction of sp³-hybridized carbons (Fsp3) is 0.571. The Balaban J connectivity index is 1.85. The molecule has 4 N–H and O–H groups in total. The topological polar surface area (TPSA) is 173 Å². The Morgan fingerprint density at radius 3 is 2.24 bits per heavy atom. The third-order valence-corrected chi connectivity index (χ3v) is 9.22. The molecule has 6 atom stereocenters. The molecule has 3 aliphatic rings. The van der Waals surface area contributed by atoms with E-state index in [0.717, 1.165) is 0 Å². The molecule has 1 aromatic carbocycles. The van der Waals surface area contributed by atoms with Crippen molar-refractivity contribution in [2.24, 2.45) is 22.7 Å². The standard InChI is InChI=1S/C28H35ClN4O8/c1-26-9-13-14(32(3)4)7-8-15(34)17(13)20(36)19(26)24(39)28(41)23(38)18(25(40)31-12-30-16(35)10-29)21(37)22(33(5)6)27(28,2)11-26/h7-8,18-19,22,34,41H,9-12H2,1-6H3,(H,30,35)(H,31,40)/t18?,19?,22-,26+,27+,28-/m1/s1. The summed E-state index contributed by atoms with van der Waals surface area (Å²) in [6, 6.07) is 1.77. The number of Topliss-reactive ketones (excluding diaryl/α,β-unsaturated/α-hetero) is 4. The van der Waals surface area contributed by atoms with Gasteiger partial charge < -0.3 is 25.7 Å². The first kappa shape index (κ1) is 30.6. The summed E-state index contributed by atoms with van der Waals surface area (Å²) in [6.45, 7) is 2.74. The monoisotopic (exact) mass is 590 g/mol. The van der Waals surface area contributed by atoms with Gasteiger partial charge in [-0.2, -0.15) is 0 Å². The maximum absolute atomic E-state index is 14.4. The van der Waals surface area contributed by atoms with Crippen LogP contribution in [0.2, 0.25) is 0 Å². The van der Waals surface area contributed by atoms with Crippen molar-refractivity contribution in [3.05, 3.63) is 23.3 Å². The predicted octanol–water partition coefficient (Wildman–Crippen LogP) is -0.343. The number of aromatic hydroxyl groups is 1. The zero-order valence-corrected chi connectivity index (χ0v) is 24.6. The highest BCUT2D eigenvalue weighted by Crippen LogP contribution is 2.62. The third kappa shape index (κ3) is 4.26. The van der Waals surface area contributed by atoms with Gasteiger partial charge in [-0.1, -0.05) is 13.8 Å². The molecular formula is C28H35ClN4O8. The van der Waals surface area contributed by atoms with E-state index in [-0.39, 0.29) is 30.0 Å². The van der Waals surface area contributed by atoms with E-state index in [9.17, 15) is 39.0 Å². The molecule has 0 spiro atoms. The summed E-state index contributed by atoms with van der Waals surface area (Å²) in [5, 5.41) is 27.4. The first-order chi connectivity index (χ1) is 19.0. The minimum atomic E-state index is -2.87. The fourth-order valence-corrected chi connectivity index (χ4v) is 7.58. The van der Waals surface area contributed by atoms with Gasteiger partial charge >= 0.3 is 0 Å². The number of hydrogen-bond acceptors (Lipinski definition) is 10. The molecule has 222 valence electrons. The molecule has 4 rings (SSSR count). The van der Waals surface area contributed by atoms with E-state index < -0.39 is 75.9 Å². The summed E-state index contributed by atoms with van der Waals surface area (Å²) >= 11 is 5.43. The molecule has 0 aliphatic heterocycles. The fourth-order valence-electron chi connectivity index (χ4n) is 7.48. The Labute approximate surface area is 242 Å². The van der Waals surface area contributed by atoms with Crippen LogP contribution in [-0.4, -0.2) is 102 Å². The number of halogens is 1. The van der Waals surface area contributed by atoms with Gasteiger partial charge in [0.2, 0.25) is 11.8 Å². The van der Waals surface area contributed by atoms with Crippen molar-refractivity contribution in [1.29, 1.82) is 0 Å². The third-order valence-electron chi connectivity index (χ3n) is 8.97. The Morgan fingerprint density at radius 1 is 1.05 bits per heavy atom. The van der Waals surface area contributed by atoms with Crippen molar-refractivity contribution in [2.75, 3.05) is 45.6 Å². The average molecular weight is 591 g/mol. The number of anilines is 1. The van der Waals surface area contributed by atoms with E-state index in [0.29, 0.717) is 11.3 Å². The van der Waals surface area contributed by atoms with Gasteiger partial charge in [-0.05, 0) is 50.0 Å². The lowest BCUT2D eigenvalue weighted by atomic mass is 9.42. The number of aliphatic hydroxyl groups is 1. The van der Waals surface area contributed by atoms with Gasteiger partial charge in [0.15, 0.2) is 34.7 Å². The maximum atomic E-state index is 14.4. The summed E-state index contributed by atoms with van der Waals surface area (Å²) < 4.78 is 0. The number of nitrogens with zero attached hydrogens (tertiary/aromatic N) is 2. The number of alkyl halides is 1. The summed E-state index contributed by atoms with van der Waals surface area (Å²) in [5.41, 5.74) is -4.55. The average Bonchev–Trinajstić information content (AvgIpc) is 2.85. The van der Waals surface area contributed by atoms with Gasteiger partial charge in [0.1, 0.15) is 11.6 Å². The Bertz CT molecular complexity index is 1380. The molecule has 41 heavy (non-hydrogen) atoms. The normalized spacial score (nSPS) is 32.7. The van der Waals surface area contributed by atoms with E-state index in [1.54, 1.807) is 46.1 Å². The van der Waals surface area contributed by atoms with Crippen LogP contribution in [0.4, 0.5) is 5.69 Å². The van der Waals surface area contributed by atoms with Crippen molar-refractivity contribution >= 4 is 52.2 Å². The van der Waals surface area contributed by atoms with Crippen molar-refractivity contribution in [1.82, 2.24) is 15.5 Å². The van der Waals surface area contributed by atoms with Crippen LogP contribution in [0.3, 0.4) is 0 Å². The minimum absolute atomic E-state index is 0.0490. The van der Waals surface area contributed by atoms with Crippen LogP contribution in [0.1, 0.15) is 36.2 Å². The summed E-state index contributed by atoms with van der Waals surface area (Å²) in [6.07, 6.45) is 0.0752. The maximum Gasteiger partial charge on any atom is 0.239 e. The number of phenolic OH excluding ortho intramolecular Hbond substituents is 1. The number of phenols is 1. The van der Waals surface area contributed by atoms with Crippen LogP contribution in [-0.2, 0) is 30.4 Å². The van der Waals surface area contributed by atoms with E-state index in [2.05, 4.69) is 10.6 Å². The van der Waals surface area contributed by atoms with Crippen molar-refractivity contribution in [3.8, 4) is 5.75 Å². The van der Waals surface area contributed by atoms with Gasteiger partial charge in [-0.15, -0.1) is 11.6 Å². The van der Waals surface area contributed by atoms with Gasteiger partial charge in [-0.25, -0.2) is 0 Å². The summed E-state index contributed by atoms with van der Waals surface area (Å²) in [7, 11) is 6.65. The summed E-state index contributed by atoms with van der Waals surface area (Å²) in [5.74, 6) is -9.95. The molecular weight excluding hydrogens is 556 g/mol. The number of nitrogens with one attached hydrogen (secondary N) is 2. The molecule has 1 aromatic rings. The summed E-state index contributed by atoms with van der Waals surface area (Å²) in [4.78, 5) is 84.0. The van der Waals surface area contributed by atoms with E-state index in [4.69, 9.17) is 11.6 Å². The van der Waals surface area contributed by atoms with Gasteiger partial charge in [0.05, 0.1) is 24.2 Å². The molecule has 2 fully saturated rings. The molecule has 0 radical (unpaired) electrons. The lowest BCUT2D eigenvalue weighted by molar-refractivity contribution is -0.203. The smallest absolute Gasteiger partial charge is 0.239 e. The molecule has 2 unspecified atom stereocenters. The van der Waals surface area contributed by atoms with Crippen LogP contribution in [0.15, 0.2) is 12.1 Å². The van der Waals surface area contributed by atoms with Gasteiger partial charge in [0, 0.05) is 25.2 Å². The van der Waals surface area contributed by atoms with Crippen LogP contribution < -0.4 is 15.5 Å². The second-order valence-electron chi connectivity index (χ2n) is 12.2. The molecule has 13 heteroatoms. The number of amides is 2. The van der Waals surface area contributed by atoms with Crippen molar-refractivity contribution in [3.63, 3.8) is 0 Å². The van der Waals surface area contributed by atoms with Gasteiger partial charge in [0.25, 0.3) is 0 Å². The first-order valence-electron chi connectivity index (χ1n) is 13.2. The van der Waals surface area contributed by atoms with Crippen LogP contribution in [0.25, 0.3) is 0 Å².